The molecule has 1 fully saturated rings. The SMILES string of the molecule is Cc1c(-c2ccnn2C)nnc(N2CCC(NC(N)=O)CC2)c1C. The number of hydrogen-bond donors (Lipinski definition) is 2. The second kappa shape index (κ2) is 6.46. The first-order valence-corrected chi connectivity index (χ1v) is 8.10. The maximum atomic E-state index is 11.0. The standard InChI is InChI=1S/C16H23N7O/c1-10-11(2)15(21-20-14(10)13-4-7-18-22(13)3)23-8-5-12(6-9-23)19-16(17)24/h4,7,12H,5-6,8-9H2,1-3H3,(H3,17,19,24). The Morgan fingerprint density at radius 1 is 1.25 bits per heavy atom. The van der Waals surface area contributed by atoms with Crippen LogP contribution in [-0.2, 0) is 7.05 Å². The zero-order chi connectivity index (χ0) is 17.3. The van der Waals surface area contributed by atoms with Gasteiger partial charge in [-0.3, -0.25) is 4.68 Å². The van der Waals surface area contributed by atoms with Crippen molar-refractivity contribution in [2.45, 2.75) is 32.7 Å². The summed E-state index contributed by atoms with van der Waals surface area (Å²) in [5, 5.41) is 15.9. The molecule has 8 heteroatoms. The van der Waals surface area contributed by atoms with Gasteiger partial charge in [-0.05, 0) is 43.9 Å². The highest BCUT2D eigenvalue weighted by molar-refractivity contribution is 5.72. The Kier molecular flexibility index (Phi) is 4.37. The van der Waals surface area contributed by atoms with Crippen molar-refractivity contribution < 1.29 is 4.79 Å². The third kappa shape index (κ3) is 3.04. The van der Waals surface area contributed by atoms with Gasteiger partial charge >= 0.3 is 6.03 Å². The molecule has 0 bridgehead atoms. The zero-order valence-corrected chi connectivity index (χ0v) is 14.3. The number of nitrogens with one attached hydrogen (secondary N) is 1. The fourth-order valence-corrected chi connectivity index (χ4v) is 3.18. The third-order valence-corrected chi connectivity index (χ3v) is 4.70. The van der Waals surface area contributed by atoms with Crippen molar-refractivity contribution >= 4 is 11.8 Å². The molecule has 2 aromatic rings. The van der Waals surface area contributed by atoms with Crippen molar-refractivity contribution in [2.75, 3.05) is 18.0 Å². The number of nitrogens with two attached hydrogens (primary N) is 1. The van der Waals surface area contributed by atoms with Gasteiger partial charge in [0.15, 0.2) is 5.82 Å². The van der Waals surface area contributed by atoms with Crippen molar-refractivity contribution in [3.63, 3.8) is 0 Å². The molecule has 3 heterocycles. The number of aromatic nitrogens is 4. The van der Waals surface area contributed by atoms with Gasteiger partial charge in [-0.25, -0.2) is 4.79 Å². The van der Waals surface area contributed by atoms with Gasteiger partial charge < -0.3 is 16.0 Å². The van der Waals surface area contributed by atoms with Crippen LogP contribution in [0.25, 0.3) is 11.4 Å². The minimum absolute atomic E-state index is 0.141. The lowest BCUT2D eigenvalue weighted by atomic mass is 10.0. The van der Waals surface area contributed by atoms with Gasteiger partial charge in [-0.2, -0.15) is 5.10 Å². The third-order valence-electron chi connectivity index (χ3n) is 4.70. The number of nitrogens with zero attached hydrogens (tertiary/aromatic N) is 5. The van der Waals surface area contributed by atoms with E-state index in [-0.39, 0.29) is 6.04 Å². The lowest BCUT2D eigenvalue weighted by Gasteiger charge is -2.33. The molecule has 24 heavy (non-hydrogen) atoms. The molecule has 1 aliphatic heterocycles. The number of rotatable bonds is 3. The molecule has 0 saturated carbocycles. The van der Waals surface area contributed by atoms with E-state index in [1.807, 2.05) is 13.1 Å². The molecule has 1 aliphatic rings. The summed E-state index contributed by atoms with van der Waals surface area (Å²) in [4.78, 5) is 13.2. The van der Waals surface area contributed by atoms with Crippen molar-refractivity contribution in [3.05, 3.63) is 23.4 Å². The number of carbonyl (C=O) groups is 1. The fourth-order valence-electron chi connectivity index (χ4n) is 3.18. The first kappa shape index (κ1) is 16.2. The van der Waals surface area contributed by atoms with Gasteiger partial charge in [0.05, 0.1) is 5.69 Å². The van der Waals surface area contributed by atoms with Gasteiger partial charge in [0.1, 0.15) is 5.69 Å². The molecule has 3 N–H and O–H groups in total. The highest BCUT2D eigenvalue weighted by Gasteiger charge is 2.24. The summed E-state index contributed by atoms with van der Waals surface area (Å²) in [5.41, 5.74) is 9.25. The van der Waals surface area contributed by atoms with E-state index in [9.17, 15) is 4.79 Å². The zero-order valence-electron chi connectivity index (χ0n) is 14.3. The number of urea groups is 1. The van der Waals surface area contributed by atoms with Crippen LogP contribution in [0.5, 0.6) is 0 Å². The Morgan fingerprint density at radius 3 is 2.54 bits per heavy atom. The van der Waals surface area contributed by atoms with Crippen molar-refractivity contribution in [1.29, 1.82) is 0 Å². The first-order valence-electron chi connectivity index (χ1n) is 8.10. The van der Waals surface area contributed by atoms with E-state index in [0.717, 1.165) is 54.3 Å². The number of carbonyl (C=O) groups excluding carboxylic acids is 1. The summed E-state index contributed by atoms with van der Waals surface area (Å²) >= 11 is 0. The second-order valence-electron chi connectivity index (χ2n) is 6.23. The van der Waals surface area contributed by atoms with Gasteiger partial charge in [0, 0.05) is 32.4 Å². The van der Waals surface area contributed by atoms with Gasteiger partial charge in [-0.15, -0.1) is 10.2 Å². The fraction of sp³-hybridized carbons (Fsp3) is 0.500. The molecule has 8 nitrogen and oxygen atoms in total. The van der Waals surface area contributed by atoms with E-state index in [1.165, 1.54) is 0 Å². The Bertz CT molecular complexity index is 747. The molecule has 0 aromatic carbocycles. The predicted molar refractivity (Wildman–Crippen MR) is 91.7 cm³/mol. The monoisotopic (exact) mass is 329 g/mol. The van der Waals surface area contributed by atoms with Crippen LogP contribution in [0.4, 0.5) is 10.6 Å². The minimum Gasteiger partial charge on any atom is -0.355 e. The van der Waals surface area contributed by atoms with Crippen LogP contribution >= 0.6 is 0 Å². The minimum atomic E-state index is -0.458. The maximum Gasteiger partial charge on any atom is 0.312 e. The molecule has 0 unspecified atom stereocenters. The largest absolute Gasteiger partial charge is 0.355 e. The topological polar surface area (TPSA) is 102 Å². The van der Waals surface area contributed by atoms with Gasteiger partial charge in [0.2, 0.25) is 0 Å². The Balaban J connectivity index is 1.80. The summed E-state index contributed by atoms with van der Waals surface area (Å²) in [7, 11) is 1.90. The average Bonchev–Trinajstić information content (AvgIpc) is 2.96. The molecule has 0 radical (unpaired) electrons. The van der Waals surface area contributed by atoms with Crippen LogP contribution in [0.1, 0.15) is 24.0 Å². The normalized spacial score (nSPS) is 15.5. The molecule has 1 saturated heterocycles. The smallest absolute Gasteiger partial charge is 0.312 e. The van der Waals surface area contributed by atoms with Gasteiger partial charge in [0.25, 0.3) is 0 Å². The number of anilines is 1. The van der Waals surface area contributed by atoms with Crippen LogP contribution < -0.4 is 16.0 Å². The molecule has 2 amide bonds. The van der Waals surface area contributed by atoms with Crippen molar-refractivity contribution in [2.24, 2.45) is 12.8 Å². The molecule has 0 atom stereocenters. The lowest BCUT2D eigenvalue weighted by Crippen LogP contribution is -2.46. The van der Waals surface area contributed by atoms with E-state index >= 15 is 0 Å². The Hall–Kier alpha value is -2.64. The summed E-state index contributed by atoms with van der Waals surface area (Å²) in [6.07, 6.45) is 3.47. The van der Waals surface area contributed by atoms with E-state index < -0.39 is 6.03 Å². The molecule has 0 spiro atoms. The number of piperidine rings is 1. The quantitative estimate of drug-likeness (QED) is 0.879. The number of aryl methyl sites for hydroxylation is 1. The first-order chi connectivity index (χ1) is 11.5. The van der Waals surface area contributed by atoms with Crippen molar-refractivity contribution in [3.8, 4) is 11.4 Å². The van der Waals surface area contributed by atoms with Gasteiger partial charge in [-0.1, -0.05) is 0 Å². The predicted octanol–water partition coefficient (Wildman–Crippen LogP) is 1.13. The summed E-state index contributed by atoms with van der Waals surface area (Å²) in [6.45, 7) is 5.79. The molecule has 0 aliphatic carbocycles. The number of primary amides is 1. The number of amides is 2. The highest BCUT2D eigenvalue weighted by Crippen LogP contribution is 2.28. The molecule has 3 rings (SSSR count). The van der Waals surface area contributed by atoms with Crippen LogP contribution in [-0.4, -0.2) is 45.1 Å². The Labute approximate surface area is 141 Å². The average molecular weight is 329 g/mol. The lowest BCUT2D eigenvalue weighted by molar-refractivity contribution is 0.242. The molecular weight excluding hydrogens is 306 g/mol. The summed E-state index contributed by atoms with van der Waals surface area (Å²) in [5.74, 6) is 0.913. The van der Waals surface area contributed by atoms with E-state index in [0.29, 0.717) is 0 Å². The highest BCUT2D eigenvalue weighted by atomic mass is 16.2. The maximum absolute atomic E-state index is 11.0. The van der Waals surface area contributed by atoms with Crippen LogP contribution in [0.2, 0.25) is 0 Å². The second-order valence-corrected chi connectivity index (χ2v) is 6.23. The summed E-state index contributed by atoms with van der Waals surface area (Å²) < 4.78 is 1.80. The van der Waals surface area contributed by atoms with E-state index in [2.05, 4.69) is 39.4 Å². The molecule has 128 valence electrons. The Morgan fingerprint density at radius 2 is 1.96 bits per heavy atom. The van der Waals surface area contributed by atoms with Crippen LogP contribution in [0.3, 0.4) is 0 Å². The summed E-state index contributed by atoms with van der Waals surface area (Å²) in [6, 6.07) is 1.62. The van der Waals surface area contributed by atoms with E-state index in [1.54, 1.807) is 10.9 Å². The van der Waals surface area contributed by atoms with Crippen LogP contribution in [0.15, 0.2) is 12.3 Å². The van der Waals surface area contributed by atoms with Crippen molar-refractivity contribution in [1.82, 2.24) is 25.3 Å². The molecule has 2 aromatic heterocycles. The number of hydrogen-bond acceptors (Lipinski definition) is 5. The van der Waals surface area contributed by atoms with E-state index in [4.69, 9.17) is 5.73 Å². The molecular formula is C16H23N7O. The van der Waals surface area contributed by atoms with Crippen LogP contribution in [0, 0.1) is 13.8 Å².